The van der Waals surface area contributed by atoms with Crippen LogP contribution in [0, 0.1) is 0 Å². The van der Waals surface area contributed by atoms with Crippen molar-refractivity contribution in [3.05, 3.63) is 64.3 Å². The fraction of sp³-hybridized carbons (Fsp3) is 0.167. The summed E-state index contributed by atoms with van der Waals surface area (Å²) in [6.07, 6.45) is 1.65. The minimum Gasteiger partial charge on any atom is -0.497 e. The molecular formula is C18H16N2O3S2. The Morgan fingerprint density at radius 3 is 3.04 bits per heavy atom. The van der Waals surface area contributed by atoms with Gasteiger partial charge in [0.15, 0.2) is 10.9 Å². The fourth-order valence-corrected chi connectivity index (χ4v) is 4.05. The number of hydrogen-bond donors (Lipinski definition) is 0. The number of ether oxygens (including phenoxy) is 1. The molecule has 0 spiro atoms. The number of thioether (sulfide) groups is 1. The minimum atomic E-state index is -0.109. The normalized spacial score (nSPS) is 10.8. The van der Waals surface area contributed by atoms with Gasteiger partial charge in [-0.05, 0) is 23.6 Å². The number of fused-ring (bicyclic) bond motifs is 1. The summed E-state index contributed by atoms with van der Waals surface area (Å²) in [5.74, 6) is 0.778. The lowest BCUT2D eigenvalue weighted by Crippen LogP contribution is -2.22. The lowest BCUT2D eigenvalue weighted by atomic mass is 10.1. The first-order valence-electron chi connectivity index (χ1n) is 7.53. The highest BCUT2D eigenvalue weighted by Gasteiger charge is 2.14. The van der Waals surface area contributed by atoms with Gasteiger partial charge < -0.3 is 4.74 Å². The largest absolute Gasteiger partial charge is 0.497 e. The van der Waals surface area contributed by atoms with Gasteiger partial charge in [-0.25, -0.2) is 4.98 Å². The molecule has 0 fully saturated rings. The summed E-state index contributed by atoms with van der Waals surface area (Å²) in [7, 11) is 1.56. The number of methoxy groups -OCH3 is 1. The molecule has 0 aliphatic heterocycles. The maximum absolute atomic E-state index is 12.6. The minimum absolute atomic E-state index is 0.0467. The summed E-state index contributed by atoms with van der Waals surface area (Å²) >= 11 is 2.67. The van der Waals surface area contributed by atoms with Gasteiger partial charge in [-0.3, -0.25) is 14.2 Å². The maximum atomic E-state index is 12.6. The molecule has 128 valence electrons. The van der Waals surface area contributed by atoms with Crippen LogP contribution < -0.4 is 10.3 Å². The van der Waals surface area contributed by atoms with Crippen LogP contribution in [0.25, 0.3) is 10.2 Å². The van der Waals surface area contributed by atoms with Gasteiger partial charge >= 0.3 is 0 Å². The van der Waals surface area contributed by atoms with Crippen LogP contribution in [0.2, 0.25) is 0 Å². The first kappa shape index (κ1) is 17.4. The van der Waals surface area contributed by atoms with E-state index in [1.54, 1.807) is 48.1 Å². The van der Waals surface area contributed by atoms with Crippen molar-refractivity contribution in [2.24, 2.45) is 0 Å². The SMILES string of the molecule is C=CCn1c(SCC(=O)c2cccc(OC)c2)nc2sccc2c1=O. The predicted molar refractivity (Wildman–Crippen MR) is 102 cm³/mol. The molecule has 0 amide bonds. The summed E-state index contributed by atoms with van der Waals surface area (Å²) in [6.45, 7) is 4.05. The van der Waals surface area contributed by atoms with Gasteiger partial charge in [0, 0.05) is 12.1 Å². The number of thiophene rings is 1. The van der Waals surface area contributed by atoms with Crippen molar-refractivity contribution >= 4 is 39.1 Å². The van der Waals surface area contributed by atoms with Crippen LogP contribution in [-0.2, 0) is 6.54 Å². The highest BCUT2D eigenvalue weighted by Crippen LogP contribution is 2.22. The molecule has 7 heteroatoms. The first-order chi connectivity index (χ1) is 12.1. The Labute approximate surface area is 153 Å². The molecule has 2 aromatic heterocycles. The van der Waals surface area contributed by atoms with E-state index >= 15 is 0 Å². The number of carbonyl (C=O) groups excluding carboxylic acids is 1. The Morgan fingerprint density at radius 1 is 1.44 bits per heavy atom. The lowest BCUT2D eigenvalue weighted by molar-refractivity contribution is 0.102. The van der Waals surface area contributed by atoms with Crippen molar-refractivity contribution in [1.29, 1.82) is 0 Å². The number of benzene rings is 1. The molecule has 0 saturated carbocycles. The Bertz CT molecular complexity index is 991. The van der Waals surface area contributed by atoms with Crippen LogP contribution in [0.1, 0.15) is 10.4 Å². The molecule has 0 unspecified atom stereocenters. The Morgan fingerprint density at radius 2 is 2.28 bits per heavy atom. The van der Waals surface area contributed by atoms with E-state index < -0.39 is 0 Å². The molecular weight excluding hydrogens is 356 g/mol. The van der Waals surface area contributed by atoms with Gasteiger partial charge in [0.2, 0.25) is 0 Å². The van der Waals surface area contributed by atoms with E-state index in [2.05, 4.69) is 11.6 Å². The molecule has 3 aromatic rings. The summed E-state index contributed by atoms with van der Waals surface area (Å²) in [6, 6.07) is 8.79. The number of ketones is 1. The molecule has 0 radical (unpaired) electrons. The Balaban J connectivity index is 1.87. The highest BCUT2D eigenvalue weighted by atomic mass is 32.2. The van der Waals surface area contributed by atoms with Crippen molar-refractivity contribution in [2.75, 3.05) is 12.9 Å². The molecule has 2 heterocycles. The highest BCUT2D eigenvalue weighted by molar-refractivity contribution is 7.99. The molecule has 0 atom stereocenters. The second-order valence-electron chi connectivity index (χ2n) is 5.18. The molecule has 0 saturated heterocycles. The summed E-state index contributed by atoms with van der Waals surface area (Å²) in [5, 5.41) is 2.96. The zero-order chi connectivity index (χ0) is 17.8. The number of Topliss-reactive ketones (excluding diaryl/α,β-unsaturated/α-hetero) is 1. The van der Waals surface area contributed by atoms with Gasteiger partial charge in [-0.2, -0.15) is 0 Å². The van der Waals surface area contributed by atoms with E-state index in [1.807, 2.05) is 5.38 Å². The van der Waals surface area contributed by atoms with Crippen LogP contribution in [0.15, 0.2) is 58.3 Å². The third-order valence-corrected chi connectivity index (χ3v) is 5.37. The smallest absolute Gasteiger partial charge is 0.263 e. The van der Waals surface area contributed by atoms with Gasteiger partial charge in [0.05, 0.1) is 18.2 Å². The van der Waals surface area contributed by atoms with Crippen LogP contribution in [0.4, 0.5) is 0 Å². The van der Waals surface area contributed by atoms with Crippen molar-refractivity contribution in [2.45, 2.75) is 11.7 Å². The van der Waals surface area contributed by atoms with Crippen LogP contribution in [-0.4, -0.2) is 28.2 Å². The van der Waals surface area contributed by atoms with E-state index in [0.29, 0.717) is 33.2 Å². The Kier molecular flexibility index (Phi) is 5.35. The molecule has 0 N–H and O–H groups in total. The van der Waals surface area contributed by atoms with E-state index in [4.69, 9.17) is 4.74 Å². The molecule has 1 aromatic carbocycles. The molecule has 0 aliphatic carbocycles. The number of rotatable bonds is 7. The molecule has 0 bridgehead atoms. The van der Waals surface area contributed by atoms with Crippen molar-refractivity contribution in [3.63, 3.8) is 0 Å². The molecule has 0 aliphatic rings. The van der Waals surface area contributed by atoms with Gasteiger partial charge in [-0.1, -0.05) is 30.0 Å². The number of hydrogen-bond acceptors (Lipinski definition) is 6. The average Bonchev–Trinajstić information content (AvgIpc) is 3.11. The zero-order valence-electron chi connectivity index (χ0n) is 13.6. The van der Waals surface area contributed by atoms with Crippen molar-refractivity contribution in [3.8, 4) is 5.75 Å². The summed E-state index contributed by atoms with van der Waals surface area (Å²) in [5.41, 5.74) is 0.462. The lowest BCUT2D eigenvalue weighted by Gasteiger charge is -2.10. The van der Waals surface area contributed by atoms with Gasteiger partial charge in [-0.15, -0.1) is 17.9 Å². The zero-order valence-corrected chi connectivity index (χ0v) is 15.2. The second kappa shape index (κ2) is 7.67. The first-order valence-corrected chi connectivity index (χ1v) is 9.39. The average molecular weight is 372 g/mol. The summed E-state index contributed by atoms with van der Waals surface area (Å²) in [4.78, 5) is 30.2. The molecule has 3 rings (SSSR count). The number of nitrogens with zero attached hydrogens (tertiary/aromatic N) is 2. The maximum Gasteiger partial charge on any atom is 0.263 e. The predicted octanol–water partition coefficient (Wildman–Crippen LogP) is 3.63. The number of aromatic nitrogens is 2. The number of carbonyl (C=O) groups is 1. The quantitative estimate of drug-likeness (QED) is 0.274. The monoisotopic (exact) mass is 372 g/mol. The standard InChI is InChI=1S/C18H16N2O3S2/c1-3-8-20-17(22)14-7-9-24-16(14)19-18(20)25-11-15(21)12-5-4-6-13(10-12)23-2/h3-7,9-10H,1,8,11H2,2H3. The Hall–Kier alpha value is -2.38. The van der Waals surface area contributed by atoms with Crippen LogP contribution in [0.5, 0.6) is 5.75 Å². The van der Waals surface area contributed by atoms with E-state index in [9.17, 15) is 9.59 Å². The van der Waals surface area contributed by atoms with Crippen LogP contribution in [0.3, 0.4) is 0 Å². The van der Waals surface area contributed by atoms with E-state index in [0.717, 1.165) is 0 Å². The van der Waals surface area contributed by atoms with E-state index in [-0.39, 0.29) is 17.1 Å². The third kappa shape index (κ3) is 3.67. The van der Waals surface area contributed by atoms with E-state index in [1.165, 1.54) is 23.1 Å². The van der Waals surface area contributed by atoms with Crippen molar-refractivity contribution in [1.82, 2.24) is 9.55 Å². The fourth-order valence-electron chi connectivity index (χ4n) is 2.34. The van der Waals surface area contributed by atoms with Gasteiger partial charge in [0.25, 0.3) is 5.56 Å². The molecule has 25 heavy (non-hydrogen) atoms. The van der Waals surface area contributed by atoms with Gasteiger partial charge in [0.1, 0.15) is 10.6 Å². The van der Waals surface area contributed by atoms with Crippen molar-refractivity contribution < 1.29 is 9.53 Å². The van der Waals surface area contributed by atoms with Crippen LogP contribution >= 0.6 is 23.1 Å². The second-order valence-corrected chi connectivity index (χ2v) is 7.02. The third-order valence-electron chi connectivity index (χ3n) is 3.58. The topological polar surface area (TPSA) is 61.2 Å². The number of allylic oxidation sites excluding steroid dienone is 1. The summed E-state index contributed by atoms with van der Waals surface area (Å²) < 4.78 is 6.69. The molecule has 5 nitrogen and oxygen atoms in total.